The third kappa shape index (κ3) is 5.28. The molecule has 136 valence electrons. The highest BCUT2D eigenvalue weighted by Gasteiger charge is 2.20. The first-order valence-electron chi connectivity index (χ1n) is 8.68. The van der Waals surface area contributed by atoms with Crippen LogP contribution >= 0.6 is 0 Å². The van der Waals surface area contributed by atoms with E-state index in [1.165, 1.54) is 6.07 Å². The van der Waals surface area contributed by atoms with Crippen molar-refractivity contribution in [3.63, 3.8) is 0 Å². The number of nitrogens with one attached hydrogen (secondary N) is 1. The lowest BCUT2D eigenvalue weighted by Crippen LogP contribution is -2.35. The lowest BCUT2D eigenvalue weighted by molar-refractivity contribution is -0.124. The maximum atomic E-state index is 12.6. The second-order valence-corrected chi connectivity index (χ2v) is 6.07. The van der Waals surface area contributed by atoms with Crippen LogP contribution < -0.4 is 5.32 Å². The van der Waals surface area contributed by atoms with E-state index >= 15 is 0 Å². The van der Waals surface area contributed by atoms with Gasteiger partial charge in [-0.2, -0.15) is 0 Å². The molecule has 0 aliphatic carbocycles. The average molecular weight is 353 g/mol. The zero-order chi connectivity index (χ0) is 18.9. The predicted molar refractivity (Wildman–Crippen MR) is 99.1 cm³/mol. The van der Waals surface area contributed by atoms with E-state index < -0.39 is 5.97 Å². The molecule has 0 aliphatic heterocycles. The molecule has 1 atom stereocenters. The molecule has 5 nitrogen and oxygen atoms in total. The summed E-state index contributed by atoms with van der Waals surface area (Å²) in [7, 11) is 0. The summed E-state index contributed by atoms with van der Waals surface area (Å²) in [5.41, 5.74) is 0.887. The molecule has 0 heterocycles. The highest BCUT2D eigenvalue weighted by Crippen LogP contribution is 2.15. The normalized spacial score (nSPS) is 11.5. The third-order valence-corrected chi connectivity index (χ3v) is 3.89. The van der Waals surface area contributed by atoms with Gasteiger partial charge in [0.1, 0.15) is 0 Å². The Morgan fingerprint density at radius 2 is 1.58 bits per heavy atom. The van der Waals surface area contributed by atoms with Gasteiger partial charge in [0.25, 0.3) is 5.91 Å². The van der Waals surface area contributed by atoms with Gasteiger partial charge in [0.2, 0.25) is 0 Å². The molecule has 0 saturated carbocycles. The maximum Gasteiger partial charge on any atom is 0.339 e. The molecule has 1 N–H and O–H groups in total. The summed E-state index contributed by atoms with van der Waals surface area (Å²) in [5.74, 6) is -1.31. The van der Waals surface area contributed by atoms with Gasteiger partial charge in [0, 0.05) is 17.2 Å². The zero-order valence-corrected chi connectivity index (χ0v) is 15.0. The molecular formula is C21H23NO4. The quantitative estimate of drug-likeness (QED) is 0.583. The van der Waals surface area contributed by atoms with Crippen LogP contribution in [0.1, 0.15) is 53.0 Å². The van der Waals surface area contributed by atoms with E-state index in [0.717, 1.165) is 12.8 Å². The van der Waals surface area contributed by atoms with E-state index in [4.69, 9.17) is 4.74 Å². The Kier molecular flexibility index (Phi) is 7.09. The largest absolute Gasteiger partial charge is 0.452 e. The van der Waals surface area contributed by atoms with Crippen molar-refractivity contribution in [3.8, 4) is 0 Å². The molecule has 0 radical (unpaired) electrons. The molecule has 0 fully saturated rings. The first-order valence-corrected chi connectivity index (χ1v) is 8.68. The Hall–Kier alpha value is -2.95. The summed E-state index contributed by atoms with van der Waals surface area (Å²) < 4.78 is 5.09. The van der Waals surface area contributed by atoms with Crippen LogP contribution in [-0.4, -0.2) is 30.3 Å². The minimum atomic E-state index is -0.692. The molecule has 2 aromatic rings. The van der Waals surface area contributed by atoms with Gasteiger partial charge in [0.05, 0.1) is 5.56 Å². The first kappa shape index (κ1) is 19.4. The Morgan fingerprint density at radius 3 is 2.23 bits per heavy atom. The number of carbonyl (C=O) groups is 3. The number of amides is 1. The van der Waals surface area contributed by atoms with E-state index in [0.29, 0.717) is 5.56 Å². The molecule has 0 aliphatic rings. The Bertz CT molecular complexity index is 771. The monoisotopic (exact) mass is 353 g/mol. The molecule has 0 saturated heterocycles. The fraction of sp³-hybridized carbons (Fsp3) is 0.286. The highest BCUT2D eigenvalue weighted by molar-refractivity contribution is 6.14. The van der Waals surface area contributed by atoms with Crippen LogP contribution in [0.4, 0.5) is 0 Å². The van der Waals surface area contributed by atoms with E-state index in [-0.39, 0.29) is 35.5 Å². The van der Waals surface area contributed by atoms with E-state index in [1.807, 2.05) is 19.9 Å². The van der Waals surface area contributed by atoms with Crippen LogP contribution in [0.5, 0.6) is 0 Å². The Balaban J connectivity index is 2.06. The van der Waals surface area contributed by atoms with Gasteiger partial charge < -0.3 is 10.1 Å². The van der Waals surface area contributed by atoms with Gasteiger partial charge in [0.15, 0.2) is 12.4 Å². The third-order valence-electron chi connectivity index (χ3n) is 3.89. The van der Waals surface area contributed by atoms with Gasteiger partial charge in [-0.25, -0.2) is 4.79 Å². The van der Waals surface area contributed by atoms with Crippen LogP contribution in [0.2, 0.25) is 0 Å². The zero-order valence-electron chi connectivity index (χ0n) is 15.0. The van der Waals surface area contributed by atoms with Crippen LogP contribution in [0.15, 0.2) is 54.6 Å². The Morgan fingerprint density at radius 1 is 0.962 bits per heavy atom. The maximum absolute atomic E-state index is 12.6. The SMILES string of the molecule is CCC[C@H](C)NC(=O)COC(=O)c1ccccc1C(=O)c1ccccc1. The second kappa shape index (κ2) is 9.51. The van der Waals surface area contributed by atoms with Gasteiger partial charge >= 0.3 is 5.97 Å². The number of ketones is 1. The van der Waals surface area contributed by atoms with Gasteiger partial charge in [-0.05, 0) is 19.4 Å². The van der Waals surface area contributed by atoms with Crippen molar-refractivity contribution in [2.75, 3.05) is 6.61 Å². The van der Waals surface area contributed by atoms with E-state index in [9.17, 15) is 14.4 Å². The van der Waals surface area contributed by atoms with Crippen LogP contribution in [0, 0.1) is 0 Å². The summed E-state index contributed by atoms with van der Waals surface area (Å²) in [4.78, 5) is 36.9. The van der Waals surface area contributed by atoms with Crippen molar-refractivity contribution in [2.45, 2.75) is 32.7 Å². The molecule has 2 rings (SSSR count). The highest BCUT2D eigenvalue weighted by atomic mass is 16.5. The van der Waals surface area contributed by atoms with Gasteiger partial charge in [-0.15, -0.1) is 0 Å². The van der Waals surface area contributed by atoms with Crippen LogP contribution in [0.25, 0.3) is 0 Å². The fourth-order valence-electron chi connectivity index (χ4n) is 2.63. The van der Waals surface area contributed by atoms with E-state index in [1.54, 1.807) is 42.5 Å². The standard InChI is InChI=1S/C21H23NO4/c1-3-9-15(2)22-19(23)14-26-21(25)18-13-8-7-12-17(18)20(24)16-10-5-4-6-11-16/h4-8,10-13,15H,3,9,14H2,1-2H3,(H,22,23)/t15-/m0/s1. The molecular weight excluding hydrogens is 330 g/mol. The number of hydrogen-bond acceptors (Lipinski definition) is 4. The average Bonchev–Trinajstić information content (AvgIpc) is 2.66. The molecule has 0 bridgehead atoms. The van der Waals surface area contributed by atoms with Gasteiger partial charge in [-0.1, -0.05) is 61.9 Å². The number of rotatable bonds is 8. The van der Waals surface area contributed by atoms with Crippen LogP contribution in [-0.2, 0) is 9.53 Å². The number of benzene rings is 2. The summed E-state index contributed by atoms with van der Waals surface area (Å²) in [6.45, 7) is 3.56. The minimum Gasteiger partial charge on any atom is -0.452 e. The second-order valence-electron chi connectivity index (χ2n) is 6.07. The van der Waals surface area contributed by atoms with Crippen molar-refractivity contribution >= 4 is 17.7 Å². The summed E-state index contributed by atoms with van der Waals surface area (Å²) in [6.07, 6.45) is 1.81. The molecule has 0 spiro atoms. The number of carbonyl (C=O) groups excluding carboxylic acids is 3. The fourth-order valence-corrected chi connectivity index (χ4v) is 2.63. The molecule has 26 heavy (non-hydrogen) atoms. The topological polar surface area (TPSA) is 72.5 Å². The van der Waals surface area contributed by atoms with Crippen molar-refractivity contribution in [1.29, 1.82) is 0 Å². The Labute approximate surface area is 153 Å². The molecule has 0 unspecified atom stereocenters. The predicted octanol–water partition coefficient (Wildman–Crippen LogP) is 3.38. The number of esters is 1. The number of hydrogen-bond donors (Lipinski definition) is 1. The van der Waals surface area contributed by atoms with E-state index in [2.05, 4.69) is 5.32 Å². The number of ether oxygens (including phenoxy) is 1. The van der Waals surface area contributed by atoms with Crippen molar-refractivity contribution in [1.82, 2.24) is 5.32 Å². The lowest BCUT2D eigenvalue weighted by Gasteiger charge is -2.13. The van der Waals surface area contributed by atoms with Crippen molar-refractivity contribution in [3.05, 3.63) is 71.3 Å². The van der Waals surface area contributed by atoms with Crippen molar-refractivity contribution < 1.29 is 19.1 Å². The van der Waals surface area contributed by atoms with Crippen molar-refractivity contribution in [2.24, 2.45) is 0 Å². The smallest absolute Gasteiger partial charge is 0.339 e. The molecule has 5 heteroatoms. The summed E-state index contributed by atoms with van der Waals surface area (Å²) in [5, 5.41) is 2.77. The summed E-state index contributed by atoms with van der Waals surface area (Å²) in [6, 6.07) is 15.2. The molecule has 2 aromatic carbocycles. The first-order chi connectivity index (χ1) is 12.5. The minimum absolute atomic E-state index is 0.0261. The lowest BCUT2D eigenvalue weighted by atomic mass is 9.98. The molecule has 0 aromatic heterocycles. The summed E-state index contributed by atoms with van der Waals surface area (Å²) >= 11 is 0. The van der Waals surface area contributed by atoms with Gasteiger partial charge in [-0.3, -0.25) is 9.59 Å². The molecule has 1 amide bonds. The van der Waals surface area contributed by atoms with Crippen LogP contribution in [0.3, 0.4) is 0 Å².